The topological polar surface area (TPSA) is 26.0 Å². The first-order chi connectivity index (χ1) is 5.11. The molecule has 0 bridgehead atoms. The quantitative estimate of drug-likeness (QED) is 0.794. The molecule has 0 fully saturated rings. The minimum absolute atomic E-state index is 0.00407. The van der Waals surface area contributed by atoms with Crippen LogP contribution in [-0.2, 0) is 0 Å². The number of halogens is 2. The monoisotopic (exact) mass is 233 g/mol. The van der Waals surface area contributed by atoms with E-state index in [4.69, 9.17) is 17.3 Å². The van der Waals surface area contributed by atoms with Gasteiger partial charge in [0.05, 0.1) is 0 Å². The zero-order valence-corrected chi connectivity index (χ0v) is 8.48. The molecule has 0 saturated heterocycles. The van der Waals surface area contributed by atoms with Gasteiger partial charge in [0.25, 0.3) is 0 Å². The van der Waals surface area contributed by atoms with Gasteiger partial charge in [-0.2, -0.15) is 0 Å². The predicted octanol–water partition coefficient (Wildman–Crippen LogP) is 3.12. The third-order valence-corrected chi connectivity index (χ3v) is 2.27. The molecule has 60 valence electrons. The molecule has 1 nitrogen and oxygen atoms in total. The molecule has 11 heavy (non-hydrogen) atoms. The molecule has 0 radical (unpaired) electrons. The molecule has 1 rings (SSSR count). The van der Waals surface area contributed by atoms with Crippen molar-refractivity contribution in [2.75, 3.05) is 0 Å². The molecule has 1 aromatic rings. The number of benzene rings is 1. The maximum atomic E-state index is 5.91. The summed E-state index contributed by atoms with van der Waals surface area (Å²) in [6.45, 7) is 1.91. The van der Waals surface area contributed by atoms with Gasteiger partial charge < -0.3 is 5.73 Å². The van der Waals surface area contributed by atoms with Crippen LogP contribution in [0.15, 0.2) is 22.7 Å². The molecule has 0 heterocycles. The molecule has 0 aliphatic heterocycles. The SMILES string of the molecule is CC(N)c1ccc(Br)cc1Cl. The maximum Gasteiger partial charge on any atom is 0.0464 e. The fraction of sp³-hybridized carbons (Fsp3) is 0.250. The Morgan fingerprint density at radius 3 is 2.64 bits per heavy atom. The zero-order chi connectivity index (χ0) is 8.43. The third-order valence-electron chi connectivity index (χ3n) is 1.45. The molecule has 1 unspecified atom stereocenters. The number of hydrogen-bond donors (Lipinski definition) is 1. The molecular weight excluding hydrogens is 225 g/mol. The van der Waals surface area contributed by atoms with Crippen LogP contribution in [0.2, 0.25) is 5.02 Å². The van der Waals surface area contributed by atoms with Crippen molar-refractivity contribution in [1.82, 2.24) is 0 Å². The van der Waals surface area contributed by atoms with Crippen LogP contribution in [0, 0.1) is 0 Å². The molecule has 2 N–H and O–H groups in total. The summed E-state index contributed by atoms with van der Waals surface area (Å²) in [5, 5.41) is 0.717. The van der Waals surface area contributed by atoms with Crippen LogP contribution < -0.4 is 5.73 Å². The largest absolute Gasteiger partial charge is 0.324 e. The highest BCUT2D eigenvalue weighted by molar-refractivity contribution is 9.10. The van der Waals surface area contributed by atoms with Gasteiger partial charge in [0.2, 0.25) is 0 Å². The summed E-state index contributed by atoms with van der Waals surface area (Å²) in [5.74, 6) is 0. The van der Waals surface area contributed by atoms with E-state index in [2.05, 4.69) is 15.9 Å². The highest BCUT2D eigenvalue weighted by Crippen LogP contribution is 2.24. The zero-order valence-electron chi connectivity index (χ0n) is 6.14. The molecule has 1 aromatic carbocycles. The van der Waals surface area contributed by atoms with E-state index in [1.165, 1.54) is 0 Å². The van der Waals surface area contributed by atoms with E-state index in [9.17, 15) is 0 Å². The van der Waals surface area contributed by atoms with Crippen molar-refractivity contribution in [1.29, 1.82) is 0 Å². The molecule has 1 atom stereocenters. The van der Waals surface area contributed by atoms with E-state index >= 15 is 0 Å². The van der Waals surface area contributed by atoms with Gasteiger partial charge in [-0.25, -0.2) is 0 Å². The van der Waals surface area contributed by atoms with Crippen molar-refractivity contribution < 1.29 is 0 Å². The first kappa shape index (κ1) is 9.04. The Kier molecular flexibility index (Phi) is 2.93. The van der Waals surface area contributed by atoms with Gasteiger partial charge in [0.15, 0.2) is 0 Å². The number of nitrogens with two attached hydrogens (primary N) is 1. The van der Waals surface area contributed by atoms with E-state index in [0.717, 1.165) is 15.1 Å². The normalized spacial score (nSPS) is 13.1. The standard InChI is InChI=1S/C8H9BrClN/c1-5(11)7-3-2-6(9)4-8(7)10/h2-5H,11H2,1H3. The fourth-order valence-corrected chi connectivity index (χ4v) is 1.72. The van der Waals surface area contributed by atoms with Gasteiger partial charge in [-0.05, 0) is 24.6 Å². The van der Waals surface area contributed by atoms with Crippen molar-refractivity contribution in [2.45, 2.75) is 13.0 Å². The smallest absolute Gasteiger partial charge is 0.0464 e. The molecule has 0 spiro atoms. The van der Waals surface area contributed by atoms with E-state index < -0.39 is 0 Å². The summed E-state index contributed by atoms with van der Waals surface area (Å²) < 4.78 is 0.979. The van der Waals surface area contributed by atoms with Crippen molar-refractivity contribution >= 4 is 27.5 Å². The summed E-state index contributed by atoms with van der Waals surface area (Å²) in [6.07, 6.45) is 0. The highest BCUT2D eigenvalue weighted by Gasteiger charge is 2.04. The van der Waals surface area contributed by atoms with E-state index in [-0.39, 0.29) is 6.04 Å². The Hall–Kier alpha value is -0.0500. The van der Waals surface area contributed by atoms with Crippen LogP contribution in [0.5, 0.6) is 0 Å². The van der Waals surface area contributed by atoms with E-state index in [0.29, 0.717) is 0 Å². The Bertz CT molecular complexity index is 260. The third kappa shape index (κ3) is 2.19. The summed E-state index contributed by atoms with van der Waals surface area (Å²) >= 11 is 9.23. The van der Waals surface area contributed by atoms with Crippen molar-refractivity contribution in [3.63, 3.8) is 0 Å². The summed E-state index contributed by atoms with van der Waals surface area (Å²) in [7, 11) is 0. The Balaban J connectivity index is 3.09. The number of rotatable bonds is 1. The molecule has 0 aromatic heterocycles. The van der Waals surface area contributed by atoms with Crippen molar-refractivity contribution in [2.24, 2.45) is 5.73 Å². The first-order valence-corrected chi connectivity index (χ1v) is 4.49. The fourth-order valence-electron chi connectivity index (χ4n) is 0.871. The van der Waals surface area contributed by atoms with Gasteiger partial charge in [-0.15, -0.1) is 0 Å². The van der Waals surface area contributed by atoms with Crippen LogP contribution in [0.4, 0.5) is 0 Å². The molecular formula is C8H9BrClN. The lowest BCUT2D eigenvalue weighted by molar-refractivity contribution is 0.818. The minimum Gasteiger partial charge on any atom is -0.324 e. The van der Waals surface area contributed by atoms with Crippen LogP contribution in [0.25, 0.3) is 0 Å². The van der Waals surface area contributed by atoms with Crippen molar-refractivity contribution in [3.8, 4) is 0 Å². The summed E-state index contributed by atoms with van der Waals surface area (Å²) in [4.78, 5) is 0. The van der Waals surface area contributed by atoms with Crippen LogP contribution in [0.1, 0.15) is 18.5 Å². The lowest BCUT2D eigenvalue weighted by Crippen LogP contribution is -2.05. The van der Waals surface area contributed by atoms with Crippen LogP contribution in [-0.4, -0.2) is 0 Å². The second-order valence-electron chi connectivity index (χ2n) is 2.45. The molecule has 0 aliphatic rings. The van der Waals surface area contributed by atoms with Gasteiger partial charge in [-0.1, -0.05) is 33.6 Å². The molecule has 3 heteroatoms. The van der Waals surface area contributed by atoms with Gasteiger partial charge in [0.1, 0.15) is 0 Å². The second kappa shape index (κ2) is 3.57. The highest BCUT2D eigenvalue weighted by atomic mass is 79.9. The average Bonchev–Trinajstić information content (AvgIpc) is 1.85. The van der Waals surface area contributed by atoms with Crippen LogP contribution >= 0.6 is 27.5 Å². The van der Waals surface area contributed by atoms with Crippen LogP contribution in [0.3, 0.4) is 0 Å². The molecule has 0 saturated carbocycles. The minimum atomic E-state index is -0.00407. The second-order valence-corrected chi connectivity index (χ2v) is 3.78. The number of hydrogen-bond acceptors (Lipinski definition) is 1. The first-order valence-electron chi connectivity index (χ1n) is 3.32. The Morgan fingerprint density at radius 2 is 2.18 bits per heavy atom. The lowest BCUT2D eigenvalue weighted by atomic mass is 10.1. The van der Waals surface area contributed by atoms with Gasteiger partial charge in [0, 0.05) is 15.5 Å². The summed E-state index contributed by atoms with van der Waals surface area (Å²) in [6, 6.07) is 5.71. The average molecular weight is 235 g/mol. The molecule has 0 amide bonds. The summed E-state index contributed by atoms with van der Waals surface area (Å²) in [5.41, 5.74) is 6.65. The lowest BCUT2D eigenvalue weighted by Gasteiger charge is -2.07. The van der Waals surface area contributed by atoms with Gasteiger partial charge >= 0.3 is 0 Å². The van der Waals surface area contributed by atoms with Gasteiger partial charge in [-0.3, -0.25) is 0 Å². The Labute approximate surface area is 79.7 Å². The van der Waals surface area contributed by atoms with Crippen molar-refractivity contribution in [3.05, 3.63) is 33.3 Å². The van der Waals surface area contributed by atoms with E-state index in [1.54, 1.807) is 0 Å². The molecule has 0 aliphatic carbocycles. The maximum absolute atomic E-state index is 5.91. The van der Waals surface area contributed by atoms with E-state index in [1.807, 2.05) is 25.1 Å². The predicted molar refractivity (Wildman–Crippen MR) is 51.8 cm³/mol. The Morgan fingerprint density at radius 1 is 1.55 bits per heavy atom.